The summed E-state index contributed by atoms with van der Waals surface area (Å²) in [6.07, 6.45) is 2.37. The van der Waals surface area contributed by atoms with Gasteiger partial charge in [0.2, 0.25) is 0 Å². The minimum Gasteiger partial charge on any atom is -0.378 e. The lowest BCUT2D eigenvalue weighted by molar-refractivity contribution is -0.384. The van der Waals surface area contributed by atoms with Gasteiger partial charge in [-0.25, -0.2) is 0 Å². The first kappa shape index (κ1) is 27.8. The maximum atomic E-state index is 13.7. The molecule has 39 heavy (non-hydrogen) atoms. The molecule has 0 aliphatic carbocycles. The molecule has 1 saturated heterocycles. The van der Waals surface area contributed by atoms with Crippen LogP contribution in [0.4, 0.5) is 11.4 Å². The lowest BCUT2D eigenvalue weighted by Gasteiger charge is -2.28. The number of nitro benzene ring substituents is 1. The molecule has 1 aliphatic heterocycles. The molecular weight excluding hydrogens is 518 g/mol. The van der Waals surface area contributed by atoms with Crippen LogP contribution in [-0.2, 0) is 16.0 Å². The number of anilines is 1. The Labute approximate surface area is 229 Å². The summed E-state index contributed by atoms with van der Waals surface area (Å²) in [4.78, 5) is 39.9. The number of ether oxygens (including phenoxy) is 1. The molecule has 1 N–H and O–H groups in total. The van der Waals surface area contributed by atoms with Crippen LogP contribution in [0, 0.1) is 21.4 Å². The zero-order valence-corrected chi connectivity index (χ0v) is 22.8. The van der Waals surface area contributed by atoms with Crippen molar-refractivity contribution in [3.05, 3.63) is 83.3 Å². The van der Waals surface area contributed by atoms with E-state index in [1.807, 2.05) is 30.0 Å². The maximum Gasteiger partial charge on any atom is 0.293 e. The number of aromatic nitrogens is 1. The van der Waals surface area contributed by atoms with E-state index in [0.29, 0.717) is 43.2 Å². The Hall–Kier alpha value is -4.27. The van der Waals surface area contributed by atoms with Gasteiger partial charge in [0.1, 0.15) is 16.4 Å². The van der Waals surface area contributed by atoms with Gasteiger partial charge in [0.25, 0.3) is 17.2 Å². The molecule has 202 valence electrons. The molecule has 2 aromatic carbocycles. The fourth-order valence-electron chi connectivity index (χ4n) is 4.29. The summed E-state index contributed by atoms with van der Waals surface area (Å²) in [5, 5.41) is 24.5. The minimum atomic E-state index is -0.579. The Morgan fingerprint density at radius 3 is 2.51 bits per heavy atom. The van der Waals surface area contributed by atoms with Crippen LogP contribution in [0.3, 0.4) is 0 Å². The number of nitriles is 1. The highest BCUT2D eigenvalue weighted by Gasteiger charge is 2.22. The van der Waals surface area contributed by atoms with Crippen LogP contribution in [0.1, 0.15) is 31.9 Å². The molecule has 2 heterocycles. The number of aryl methyl sites for hydroxylation is 1. The Bertz CT molecular complexity index is 1610. The van der Waals surface area contributed by atoms with Gasteiger partial charge >= 0.3 is 0 Å². The van der Waals surface area contributed by atoms with E-state index in [4.69, 9.17) is 4.74 Å². The summed E-state index contributed by atoms with van der Waals surface area (Å²) in [6, 6.07) is 13.9. The van der Waals surface area contributed by atoms with Crippen LogP contribution in [-0.4, -0.2) is 47.7 Å². The number of morpholine rings is 1. The van der Waals surface area contributed by atoms with Gasteiger partial charge in [0.15, 0.2) is 5.57 Å². The molecular formula is C28H29N5O5S. The summed E-state index contributed by atoms with van der Waals surface area (Å²) < 4.78 is 7.14. The highest BCUT2D eigenvalue weighted by molar-refractivity contribution is 7.07. The maximum absolute atomic E-state index is 13.7. The summed E-state index contributed by atoms with van der Waals surface area (Å²) in [7, 11) is 0. The van der Waals surface area contributed by atoms with Crippen LogP contribution in [0.2, 0.25) is 0 Å². The monoisotopic (exact) mass is 547 g/mol. The highest BCUT2D eigenvalue weighted by Crippen LogP contribution is 2.30. The summed E-state index contributed by atoms with van der Waals surface area (Å²) in [5.41, 5.74) is 1.86. The number of carbonyl (C=O) groups excluding carboxylic acids is 1. The van der Waals surface area contributed by atoms with Crippen LogP contribution < -0.4 is 25.0 Å². The molecule has 0 atom stereocenters. The van der Waals surface area contributed by atoms with Gasteiger partial charge in [-0.05, 0) is 55.7 Å². The number of nitrogens with one attached hydrogen (secondary N) is 1. The highest BCUT2D eigenvalue weighted by atomic mass is 32.1. The fraction of sp³-hybridized carbons (Fsp3) is 0.321. The van der Waals surface area contributed by atoms with E-state index < -0.39 is 16.4 Å². The molecule has 3 aromatic rings. The Morgan fingerprint density at radius 1 is 1.23 bits per heavy atom. The predicted molar refractivity (Wildman–Crippen MR) is 151 cm³/mol. The zero-order chi connectivity index (χ0) is 28.1. The zero-order valence-electron chi connectivity index (χ0n) is 22.0. The Kier molecular flexibility index (Phi) is 8.59. The first-order chi connectivity index (χ1) is 18.7. The molecule has 0 saturated carbocycles. The van der Waals surface area contributed by atoms with Crippen molar-refractivity contribution in [2.75, 3.05) is 31.2 Å². The molecule has 0 spiro atoms. The third kappa shape index (κ3) is 6.08. The number of benzene rings is 2. The molecule has 1 fully saturated rings. The molecule has 4 rings (SSSR count). The van der Waals surface area contributed by atoms with Crippen molar-refractivity contribution in [1.82, 2.24) is 9.88 Å². The van der Waals surface area contributed by atoms with Crippen molar-refractivity contribution in [2.45, 2.75) is 33.2 Å². The van der Waals surface area contributed by atoms with E-state index in [9.17, 15) is 25.0 Å². The first-order valence-electron chi connectivity index (χ1n) is 12.6. The second-order valence-corrected chi connectivity index (χ2v) is 10.3. The molecule has 1 amide bonds. The molecule has 0 radical (unpaired) electrons. The number of rotatable bonds is 7. The third-order valence-corrected chi connectivity index (χ3v) is 7.34. The van der Waals surface area contributed by atoms with Gasteiger partial charge in [-0.2, -0.15) is 5.26 Å². The van der Waals surface area contributed by atoms with E-state index in [1.165, 1.54) is 10.6 Å². The van der Waals surface area contributed by atoms with Gasteiger partial charge in [-0.3, -0.25) is 24.3 Å². The second-order valence-electron chi connectivity index (χ2n) is 9.30. The lowest BCUT2D eigenvalue weighted by Crippen LogP contribution is -2.36. The Balaban J connectivity index is 1.93. The number of nitrogens with zero attached hydrogens (tertiary/aromatic N) is 4. The summed E-state index contributed by atoms with van der Waals surface area (Å²) >= 11 is 0.998. The van der Waals surface area contributed by atoms with Gasteiger partial charge in [-0.1, -0.05) is 25.1 Å². The van der Waals surface area contributed by atoms with Crippen molar-refractivity contribution in [3.8, 4) is 11.8 Å². The molecule has 0 bridgehead atoms. The summed E-state index contributed by atoms with van der Waals surface area (Å²) in [6.45, 7) is 7.66. The number of carbonyl (C=O) groups is 1. The standard InChI is InChI=1S/C28H29N5O5S/c1-4-19-5-8-21(9-6-19)32-27(35)25(39-28(32)22(17-29)26(34)30-18(2)3)16-20-7-10-23(24(15-20)33(36)37)31-11-13-38-14-12-31/h5-10,15-16,18H,4,11-14H2,1-3H3,(H,30,34). The van der Waals surface area contributed by atoms with Crippen LogP contribution in [0.5, 0.6) is 0 Å². The quantitative estimate of drug-likeness (QED) is 0.355. The average Bonchev–Trinajstić information content (AvgIpc) is 3.24. The van der Waals surface area contributed by atoms with Gasteiger partial charge in [0, 0.05) is 25.2 Å². The van der Waals surface area contributed by atoms with Crippen LogP contribution in [0.25, 0.3) is 17.3 Å². The molecule has 11 heteroatoms. The van der Waals surface area contributed by atoms with E-state index in [0.717, 1.165) is 23.3 Å². The van der Waals surface area contributed by atoms with Gasteiger partial charge in [0.05, 0.1) is 28.4 Å². The average molecular weight is 548 g/mol. The van der Waals surface area contributed by atoms with Crippen molar-refractivity contribution in [3.63, 3.8) is 0 Å². The van der Waals surface area contributed by atoms with Gasteiger partial charge < -0.3 is 15.0 Å². The minimum absolute atomic E-state index is 0.0708. The van der Waals surface area contributed by atoms with E-state index >= 15 is 0 Å². The largest absolute Gasteiger partial charge is 0.378 e. The van der Waals surface area contributed by atoms with Crippen molar-refractivity contribution in [1.29, 1.82) is 5.26 Å². The SMILES string of the molecule is CCc1ccc(-n2c(=C(C#N)C(=O)NC(C)C)sc(=Cc3ccc(N4CCOCC4)c([N+](=O)[O-])c3)c2=O)cc1. The Morgan fingerprint density at radius 2 is 1.92 bits per heavy atom. The molecule has 1 aromatic heterocycles. The normalized spacial score (nSPS) is 14.7. The third-order valence-electron chi connectivity index (χ3n) is 6.24. The van der Waals surface area contributed by atoms with Crippen molar-refractivity contribution >= 4 is 40.3 Å². The van der Waals surface area contributed by atoms with Crippen LogP contribution in [0.15, 0.2) is 47.3 Å². The van der Waals surface area contributed by atoms with Crippen LogP contribution >= 0.6 is 11.3 Å². The number of hydrogen-bond donors (Lipinski definition) is 1. The number of nitro groups is 1. The van der Waals surface area contributed by atoms with E-state index in [2.05, 4.69) is 5.32 Å². The molecule has 0 unspecified atom stereocenters. The topological polar surface area (TPSA) is 130 Å². The number of hydrogen-bond acceptors (Lipinski definition) is 8. The summed E-state index contributed by atoms with van der Waals surface area (Å²) in [5.74, 6) is -0.579. The van der Waals surface area contributed by atoms with E-state index in [-0.39, 0.29) is 26.5 Å². The number of amides is 1. The second kappa shape index (κ2) is 12.1. The molecule has 10 nitrogen and oxygen atoms in total. The van der Waals surface area contributed by atoms with Crippen molar-refractivity contribution < 1.29 is 14.5 Å². The smallest absolute Gasteiger partial charge is 0.293 e. The van der Waals surface area contributed by atoms with E-state index in [1.54, 1.807) is 44.2 Å². The predicted octanol–water partition coefficient (Wildman–Crippen LogP) is 2.23. The lowest BCUT2D eigenvalue weighted by atomic mass is 10.1. The molecule has 1 aliphatic rings. The fourth-order valence-corrected chi connectivity index (χ4v) is 5.40. The van der Waals surface area contributed by atoms with Crippen molar-refractivity contribution in [2.24, 2.45) is 0 Å². The number of thiazole rings is 1. The van der Waals surface area contributed by atoms with Gasteiger partial charge in [-0.15, -0.1) is 11.3 Å². The first-order valence-corrected chi connectivity index (χ1v) is 13.4.